The van der Waals surface area contributed by atoms with Crippen LogP contribution in [0.1, 0.15) is 16.0 Å². The van der Waals surface area contributed by atoms with Gasteiger partial charge in [-0.15, -0.1) is 11.3 Å². The number of aliphatic imine (C=N–C) groups is 1. The Kier molecular flexibility index (Phi) is 4.46. The molecule has 26 heavy (non-hydrogen) atoms. The number of hydrogen-bond acceptors (Lipinski definition) is 4. The fraction of sp³-hybridized carbons (Fsp3) is 0. The number of phenolic OH excluding ortho intramolecular Hbond substituents is 1. The summed E-state index contributed by atoms with van der Waals surface area (Å²) >= 11 is 1.60. The average molecular weight is 354 g/mol. The van der Waals surface area contributed by atoms with E-state index in [9.17, 15) is 5.11 Å². The summed E-state index contributed by atoms with van der Waals surface area (Å²) in [6, 6.07) is 19.0. The zero-order valence-electron chi connectivity index (χ0n) is 13.8. The van der Waals surface area contributed by atoms with E-state index in [1.807, 2.05) is 53.9 Å². The summed E-state index contributed by atoms with van der Waals surface area (Å²) in [5.74, 6) is 6.41. The van der Waals surface area contributed by atoms with Crippen molar-refractivity contribution in [3.05, 3.63) is 88.2 Å². The molecule has 0 aliphatic rings. The van der Waals surface area contributed by atoms with Crippen LogP contribution in [-0.4, -0.2) is 16.3 Å². The minimum atomic E-state index is 0.170. The molecule has 2 aromatic heterocycles. The summed E-state index contributed by atoms with van der Waals surface area (Å²) in [6.45, 7) is 0. The van der Waals surface area contributed by atoms with E-state index in [1.165, 1.54) is 0 Å². The van der Waals surface area contributed by atoms with Crippen molar-refractivity contribution in [2.24, 2.45) is 4.99 Å². The minimum Gasteiger partial charge on any atom is -0.507 e. The third kappa shape index (κ3) is 3.49. The zero-order valence-corrected chi connectivity index (χ0v) is 14.6. The van der Waals surface area contributed by atoms with Gasteiger partial charge in [0.25, 0.3) is 0 Å². The van der Waals surface area contributed by atoms with Crippen molar-refractivity contribution in [3.63, 3.8) is 0 Å². The smallest absolute Gasteiger partial charge is 0.124 e. The number of fused-ring (bicyclic) bond motifs is 1. The van der Waals surface area contributed by atoms with E-state index >= 15 is 0 Å². The number of para-hydroxylation sites is 1. The molecule has 0 atom stereocenters. The Morgan fingerprint density at radius 3 is 2.81 bits per heavy atom. The highest BCUT2D eigenvalue weighted by molar-refractivity contribution is 7.10. The molecule has 3 nitrogen and oxygen atoms in total. The molecule has 0 saturated carbocycles. The molecule has 0 aliphatic carbocycles. The van der Waals surface area contributed by atoms with Gasteiger partial charge in [0, 0.05) is 28.9 Å². The lowest BCUT2D eigenvalue weighted by Gasteiger charge is -2.02. The third-order valence-corrected chi connectivity index (χ3v) is 4.62. The molecule has 0 saturated heterocycles. The van der Waals surface area contributed by atoms with E-state index < -0.39 is 0 Å². The van der Waals surface area contributed by atoms with Crippen LogP contribution < -0.4 is 0 Å². The van der Waals surface area contributed by atoms with Crippen LogP contribution in [0.15, 0.2) is 77.2 Å². The van der Waals surface area contributed by atoms with Gasteiger partial charge >= 0.3 is 0 Å². The number of pyridine rings is 1. The molecule has 0 bridgehead atoms. The second kappa shape index (κ2) is 7.22. The van der Waals surface area contributed by atoms with Crippen molar-refractivity contribution in [2.75, 3.05) is 0 Å². The van der Waals surface area contributed by atoms with Gasteiger partial charge < -0.3 is 5.11 Å². The molecule has 1 N–H and O–H groups in total. The number of thiophene rings is 1. The highest BCUT2D eigenvalue weighted by Crippen LogP contribution is 2.24. The van der Waals surface area contributed by atoms with Crippen LogP contribution >= 0.6 is 11.3 Å². The lowest BCUT2D eigenvalue weighted by molar-refractivity contribution is 0.474. The van der Waals surface area contributed by atoms with E-state index in [2.05, 4.69) is 21.8 Å². The van der Waals surface area contributed by atoms with Gasteiger partial charge in [-0.25, -0.2) is 0 Å². The lowest BCUT2D eigenvalue weighted by Crippen LogP contribution is -1.86. The highest BCUT2D eigenvalue weighted by Gasteiger charge is 2.02. The van der Waals surface area contributed by atoms with Crippen molar-refractivity contribution in [1.29, 1.82) is 0 Å². The topological polar surface area (TPSA) is 45.5 Å². The van der Waals surface area contributed by atoms with Crippen LogP contribution in [0.2, 0.25) is 0 Å². The maximum Gasteiger partial charge on any atom is 0.124 e. The summed E-state index contributed by atoms with van der Waals surface area (Å²) in [5, 5.41) is 13.2. The normalized spacial score (nSPS) is 10.8. The Morgan fingerprint density at radius 2 is 1.92 bits per heavy atom. The molecular formula is C22H14N2OS. The SMILES string of the molecule is Oc1ccc(C#Cc2cccs2)cc1C=Nc1cccc2cccnc12. The molecule has 0 amide bonds. The number of aromatic hydroxyl groups is 1. The second-order valence-corrected chi connectivity index (χ2v) is 6.56. The first-order chi connectivity index (χ1) is 12.8. The van der Waals surface area contributed by atoms with Crippen molar-refractivity contribution >= 4 is 34.1 Å². The fourth-order valence-electron chi connectivity index (χ4n) is 2.55. The van der Waals surface area contributed by atoms with E-state index in [1.54, 1.807) is 35.9 Å². The third-order valence-electron chi connectivity index (χ3n) is 3.83. The lowest BCUT2D eigenvalue weighted by atomic mass is 10.1. The molecule has 124 valence electrons. The van der Waals surface area contributed by atoms with Crippen LogP contribution in [0, 0.1) is 11.8 Å². The minimum absolute atomic E-state index is 0.170. The zero-order chi connectivity index (χ0) is 17.8. The predicted octanol–water partition coefficient (Wildman–Crippen LogP) is 5.15. The van der Waals surface area contributed by atoms with Crippen LogP contribution in [-0.2, 0) is 0 Å². The number of aromatic nitrogens is 1. The van der Waals surface area contributed by atoms with Gasteiger partial charge in [-0.3, -0.25) is 9.98 Å². The molecule has 2 aromatic carbocycles. The van der Waals surface area contributed by atoms with Crippen molar-refractivity contribution in [1.82, 2.24) is 4.98 Å². The first-order valence-electron chi connectivity index (χ1n) is 8.06. The predicted molar refractivity (Wildman–Crippen MR) is 107 cm³/mol. The second-order valence-electron chi connectivity index (χ2n) is 5.61. The maximum atomic E-state index is 10.1. The summed E-state index contributed by atoms with van der Waals surface area (Å²) in [5.41, 5.74) is 3.04. The first kappa shape index (κ1) is 16.1. The largest absolute Gasteiger partial charge is 0.507 e. The molecule has 4 rings (SSSR count). The summed E-state index contributed by atoms with van der Waals surface area (Å²) in [7, 11) is 0. The summed E-state index contributed by atoms with van der Waals surface area (Å²) in [4.78, 5) is 9.93. The Labute approximate surface area is 155 Å². The van der Waals surface area contributed by atoms with Crippen molar-refractivity contribution in [2.45, 2.75) is 0 Å². The van der Waals surface area contributed by atoms with Crippen LogP contribution in [0.3, 0.4) is 0 Å². The Balaban J connectivity index is 1.67. The standard InChI is InChI=1S/C22H14N2OS/c25-21-11-9-16(8-10-19-6-3-13-26-19)14-18(21)15-24-20-7-1-4-17-5-2-12-23-22(17)20/h1-7,9,11-15,25H. The van der Waals surface area contributed by atoms with Crippen LogP contribution in [0.4, 0.5) is 5.69 Å². The fourth-order valence-corrected chi connectivity index (χ4v) is 3.12. The molecule has 0 unspecified atom stereocenters. The number of nitrogens with zero attached hydrogens (tertiary/aromatic N) is 2. The molecule has 0 fully saturated rings. The number of hydrogen-bond donors (Lipinski definition) is 1. The summed E-state index contributed by atoms with van der Waals surface area (Å²) < 4.78 is 0. The maximum absolute atomic E-state index is 10.1. The van der Waals surface area contributed by atoms with Gasteiger partial charge in [-0.2, -0.15) is 0 Å². The molecule has 4 heteroatoms. The molecule has 2 heterocycles. The van der Waals surface area contributed by atoms with Gasteiger partial charge in [0.2, 0.25) is 0 Å². The Hall–Kier alpha value is -3.42. The molecule has 0 spiro atoms. The Morgan fingerprint density at radius 1 is 1.00 bits per heavy atom. The van der Waals surface area contributed by atoms with Gasteiger partial charge in [0.15, 0.2) is 0 Å². The van der Waals surface area contributed by atoms with Crippen molar-refractivity contribution < 1.29 is 5.11 Å². The summed E-state index contributed by atoms with van der Waals surface area (Å²) in [6.07, 6.45) is 3.40. The van der Waals surface area contributed by atoms with Crippen LogP contribution in [0.5, 0.6) is 5.75 Å². The van der Waals surface area contributed by atoms with E-state index in [0.717, 1.165) is 27.0 Å². The van der Waals surface area contributed by atoms with E-state index in [0.29, 0.717) is 5.56 Å². The number of phenols is 1. The van der Waals surface area contributed by atoms with E-state index in [4.69, 9.17) is 0 Å². The molecule has 0 aliphatic heterocycles. The first-order valence-corrected chi connectivity index (χ1v) is 8.94. The van der Waals surface area contributed by atoms with Gasteiger partial charge in [-0.05, 0) is 41.8 Å². The average Bonchev–Trinajstić information content (AvgIpc) is 3.20. The number of rotatable bonds is 2. The molecule has 0 radical (unpaired) electrons. The van der Waals surface area contributed by atoms with Crippen LogP contribution in [0.25, 0.3) is 10.9 Å². The molecular weight excluding hydrogens is 340 g/mol. The number of benzene rings is 2. The van der Waals surface area contributed by atoms with Gasteiger partial charge in [0.1, 0.15) is 5.75 Å². The van der Waals surface area contributed by atoms with Gasteiger partial charge in [0.05, 0.1) is 16.1 Å². The van der Waals surface area contributed by atoms with E-state index in [-0.39, 0.29) is 5.75 Å². The van der Waals surface area contributed by atoms with Crippen molar-refractivity contribution in [3.8, 4) is 17.6 Å². The van der Waals surface area contributed by atoms with Gasteiger partial charge in [-0.1, -0.05) is 36.1 Å². The monoisotopic (exact) mass is 354 g/mol. The quantitative estimate of drug-likeness (QED) is 0.399. The highest BCUT2D eigenvalue weighted by atomic mass is 32.1. The Bertz CT molecular complexity index is 1150. The molecule has 4 aromatic rings.